The molecule has 0 saturated carbocycles. The van der Waals surface area contributed by atoms with E-state index in [9.17, 15) is 9.90 Å². The van der Waals surface area contributed by atoms with Gasteiger partial charge in [-0.2, -0.15) is 4.37 Å². The molecule has 0 spiro atoms. The number of hydrogen-bond donors (Lipinski definition) is 1. The highest BCUT2D eigenvalue weighted by molar-refractivity contribution is 7.09. The zero-order valence-corrected chi connectivity index (χ0v) is 22.3. The lowest BCUT2D eigenvalue weighted by Crippen LogP contribution is -2.35. The van der Waals surface area contributed by atoms with E-state index < -0.39 is 6.10 Å². The molecule has 198 valence electrons. The van der Waals surface area contributed by atoms with Crippen molar-refractivity contribution in [1.82, 2.24) is 19.4 Å². The Balaban J connectivity index is 1.19. The second-order valence-electron chi connectivity index (χ2n) is 9.73. The Morgan fingerprint density at radius 1 is 1.05 bits per heavy atom. The number of rotatable bonds is 8. The van der Waals surface area contributed by atoms with Gasteiger partial charge in [-0.05, 0) is 42.2 Å². The Labute approximate surface area is 225 Å². The number of carbonyl (C=O) groups excluding carboxylic acids is 1. The summed E-state index contributed by atoms with van der Waals surface area (Å²) < 4.78 is 15.6. The lowest BCUT2D eigenvalue weighted by atomic mass is 10.1. The van der Waals surface area contributed by atoms with E-state index in [4.69, 9.17) is 9.26 Å². The number of ether oxygens (including phenoxy) is 1. The lowest BCUT2D eigenvalue weighted by Gasteiger charge is -2.20. The van der Waals surface area contributed by atoms with E-state index in [1.54, 1.807) is 6.07 Å². The first-order valence-electron chi connectivity index (χ1n) is 12.8. The predicted molar refractivity (Wildman–Crippen MR) is 145 cm³/mol. The topological polar surface area (TPSA) is 105 Å². The molecule has 0 bridgehead atoms. The largest absolute Gasteiger partial charge is 0.457 e. The van der Waals surface area contributed by atoms with Gasteiger partial charge in [-0.1, -0.05) is 49.3 Å². The molecule has 5 rings (SSSR count). The van der Waals surface area contributed by atoms with E-state index in [0.717, 1.165) is 36.0 Å². The minimum atomic E-state index is -0.942. The number of amides is 1. The zero-order chi connectivity index (χ0) is 26.5. The van der Waals surface area contributed by atoms with Crippen LogP contribution in [0.2, 0.25) is 0 Å². The van der Waals surface area contributed by atoms with Crippen LogP contribution >= 0.6 is 11.5 Å². The van der Waals surface area contributed by atoms with Crippen LogP contribution in [0.1, 0.15) is 54.0 Å². The average Bonchev–Trinajstić information content (AvgIpc) is 3.53. The Morgan fingerprint density at radius 3 is 2.58 bits per heavy atom. The quantitative estimate of drug-likeness (QED) is 0.339. The molecule has 1 unspecified atom stereocenters. The number of aliphatic hydroxyl groups excluding tert-OH is 1. The van der Waals surface area contributed by atoms with E-state index in [1.165, 1.54) is 11.5 Å². The van der Waals surface area contributed by atoms with Crippen LogP contribution in [0.25, 0.3) is 0 Å². The second-order valence-corrected chi connectivity index (χ2v) is 10.5. The van der Waals surface area contributed by atoms with Gasteiger partial charge in [-0.15, -0.1) is 0 Å². The number of para-hydroxylation sites is 1. The molecular weight excluding hydrogens is 502 g/mol. The van der Waals surface area contributed by atoms with Crippen LogP contribution in [0.3, 0.4) is 0 Å². The molecule has 1 amide bonds. The van der Waals surface area contributed by atoms with Gasteiger partial charge < -0.3 is 24.2 Å². The van der Waals surface area contributed by atoms with Crippen LogP contribution in [0.5, 0.6) is 11.5 Å². The van der Waals surface area contributed by atoms with Crippen molar-refractivity contribution in [3.63, 3.8) is 0 Å². The maximum atomic E-state index is 13.0. The van der Waals surface area contributed by atoms with Gasteiger partial charge >= 0.3 is 0 Å². The summed E-state index contributed by atoms with van der Waals surface area (Å²) in [4.78, 5) is 21.5. The first kappa shape index (κ1) is 25.9. The van der Waals surface area contributed by atoms with E-state index >= 15 is 0 Å². The highest BCUT2D eigenvalue weighted by atomic mass is 32.1. The molecule has 10 heteroatoms. The van der Waals surface area contributed by atoms with Gasteiger partial charge in [0.1, 0.15) is 23.4 Å². The summed E-state index contributed by atoms with van der Waals surface area (Å²) in [6, 6.07) is 18.6. The lowest BCUT2D eigenvalue weighted by molar-refractivity contribution is 0.0756. The summed E-state index contributed by atoms with van der Waals surface area (Å²) >= 11 is 1.26. The zero-order valence-electron chi connectivity index (χ0n) is 21.5. The second kappa shape index (κ2) is 11.7. The third kappa shape index (κ3) is 6.20. The van der Waals surface area contributed by atoms with E-state index in [0.29, 0.717) is 48.4 Å². The molecule has 1 fully saturated rings. The molecule has 9 nitrogen and oxygen atoms in total. The highest BCUT2D eigenvalue weighted by Crippen LogP contribution is 2.28. The Kier molecular flexibility index (Phi) is 8.00. The number of aromatic nitrogens is 3. The summed E-state index contributed by atoms with van der Waals surface area (Å²) in [6.07, 6.45) is 0.608. The predicted octanol–water partition coefficient (Wildman–Crippen LogP) is 4.95. The van der Waals surface area contributed by atoms with Gasteiger partial charge in [-0.25, -0.2) is 4.98 Å². The van der Waals surface area contributed by atoms with Gasteiger partial charge in [0.05, 0.1) is 0 Å². The van der Waals surface area contributed by atoms with Crippen molar-refractivity contribution in [2.45, 2.75) is 32.8 Å². The van der Waals surface area contributed by atoms with Gasteiger partial charge in [0.2, 0.25) is 5.13 Å². The first-order valence-corrected chi connectivity index (χ1v) is 13.6. The van der Waals surface area contributed by atoms with Crippen molar-refractivity contribution in [3.05, 3.63) is 83.5 Å². The molecule has 0 aliphatic carbocycles. The molecule has 1 atom stereocenters. The minimum Gasteiger partial charge on any atom is -0.457 e. The van der Waals surface area contributed by atoms with Crippen molar-refractivity contribution in [3.8, 4) is 11.5 Å². The van der Waals surface area contributed by atoms with Crippen molar-refractivity contribution in [1.29, 1.82) is 0 Å². The number of carbonyl (C=O) groups is 1. The molecule has 1 aliphatic heterocycles. The van der Waals surface area contributed by atoms with Gasteiger partial charge in [0.25, 0.3) is 5.91 Å². The van der Waals surface area contributed by atoms with Crippen LogP contribution in [-0.2, 0) is 6.42 Å². The maximum absolute atomic E-state index is 13.0. The normalized spacial score (nSPS) is 14.9. The van der Waals surface area contributed by atoms with Gasteiger partial charge in [-0.3, -0.25) is 4.79 Å². The Bertz CT molecular complexity index is 1340. The smallest absolute Gasteiger partial charge is 0.276 e. The van der Waals surface area contributed by atoms with Crippen LogP contribution in [0.4, 0.5) is 5.13 Å². The molecule has 2 aromatic heterocycles. The highest BCUT2D eigenvalue weighted by Gasteiger charge is 2.25. The van der Waals surface area contributed by atoms with E-state index in [2.05, 4.69) is 33.3 Å². The molecule has 1 saturated heterocycles. The molecule has 0 radical (unpaired) electrons. The van der Waals surface area contributed by atoms with Crippen molar-refractivity contribution >= 4 is 22.6 Å². The summed E-state index contributed by atoms with van der Waals surface area (Å²) in [5, 5.41) is 15.6. The van der Waals surface area contributed by atoms with Crippen LogP contribution in [0, 0.1) is 5.92 Å². The van der Waals surface area contributed by atoms with Crippen molar-refractivity contribution < 1.29 is 19.2 Å². The van der Waals surface area contributed by atoms with Crippen molar-refractivity contribution in [2.75, 3.05) is 31.1 Å². The molecule has 4 aromatic rings. The number of benzene rings is 2. The Morgan fingerprint density at radius 2 is 1.82 bits per heavy atom. The Hall–Kier alpha value is -3.76. The third-order valence-electron chi connectivity index (χ3n) is 6.29. The van der Waals surface area contributed by atoms with Crippen LogP contribution in [-0.4, -0.2) is 56.6 Å². The number of aliphatic hydroxyl groups is 1. The fourth-order valence-corrected chi connectivity index (χ4v) is 5.09. The van der Waals surface area contributed by atoms with Gasteiger partial charge in [0.15, 0.2) is 11.5 Å². The number of anilines is 1. The standard InChI is InChI=1S/C28H31N5O4S/c1-19(2)17-23-18-24(30-37-23)27(35)32-13-6-14-33(16-15-32)28-29-26(31-38-28)25(34)20-9-11-22(12-10-20)36-21-7-4-3-5-8-21/h3-5,7-12,18-19,25,34H,6,13-17H2,1-2H3. The van der Waals surface area contributed by atoms with Crippen LogP contribution in [0.15, 0.2) is 65.2 Å². The summed E-state index contributed by atoms with van der Waals surface area (Å²) in [6.45, 7) is 6.75. The molecular formula is C28H31N5O4S. The number of hydrogen-bond acceptors (Lipinski definition) is 9. The molecule has 3 heterocycles. The molecule has 1 aliphatic rings. The monoisotopic (exact) mass is 533 g/mol. The third-order valence-corrected chi connectivity index (χ3v) is 7.08. The van der Waals surface area contributed by atoms with Crippen LogP contribution < -0.4 is 9.64 Å². The molecule has 38 heavy (non-hydrogen) atoms. The van der Waals surface area contributed by atoms with Gasteiger partial charge in [0, 0.05) is 50.2 Å². The first-order chi connectivity index (χ1) is 18.5. The molecule has 2 aromatic carbocycles. The summed E-state index contributed by atoms with van der Waals surface area (Å²) in [7, 11) is 0. The minimum absolute atomic E-state index is 0.112. The van der Waals surface area contributed by atoms with Crippen molar-refractivity contribution in [2.24, 2.45) is 5.92 Å². The summed E-state index contributed by atoms with van der Waals surface area (Å²) in [5.41, 5.74) is 1.04. The molecule has 1 N–H and O–H groups in total. The average molecular weight is 534 g/mol. The number of nitrogens with zero attached hydrogens (tertiary/aromatic N) is 5. The SMILES string of the molecule is CC(C)Cc1cc(C(=O)N2CCCN(c3nc(C(O)c4ccc(Oc5ccccc5)cc4)ns3)CC2)no1. The van der Waals surface area contributed by atoms with E-state index in [-0.39, 0.29) is 5.91 Å². The summed E-state index contributed by atoms with van der Waals surface area (Å²) in [5.74, 6) is 2.85. The fourth-order valence-electron chi connectivity index (χ4n) is 4.34. The fraction of sp³-hybridized carbons (Fsp3) is 0.357. The maximum Gasteiger partial charge on any atom is 0.276 e. The van der Waals surface area contributed by atoms with E-state index in [1.807, 2.05) is 59.5 Å².